The second-order valence-corrected chi connectivity index (χ2v) is 6.67. The van der Waals surface area contributed by atoms with E-state index in [4.69, 9.17) is 10.7 Å². The van der Waals surface area contributed by atoms with Gasteiger partial charge in [0.15, 0.2) is 5.65 Å². The number of aryl methyl sites for hydroxylation is 1. The topological polar surface area (TPSA) is 97.5 Å². The number of nitrogens with two attached hydrogens (primary N) is 1. The van der Waals surface area contributed by atoms with Gasteiger partial charge in [0.1, 0.15) is 5.82 Å². The molecule has 3 aromatic heterocycles. The van der Waals surface area contributed by atoms with E-state index in [0.717, 1.165) is 48.4 Å². The third kappa shape index (κ3) is 3.96. The highest BCUT2D eigenvalue weighted by molar-refractivity contribution is 5.77. The summed E-state index contributed by atoms with van der Waals surface area (Å²) in [6.07, 6.45) is 7.74. The first-order chi connectivity index (χ1) is 13.2. The van der Waals surface area contributed by atoms with Crippen molar-refractivity contribution in [1.82, 2.24) is 29.3 Å². The van der Waals surface area contributed by atoms with Crippen molar-refractivity contribution in [1.29, 1.82) is 0 Å². The molecule has 1 fully saturated rings. The number of hydrogen-bond acceptors (Lipinski definition) is 6. The molecule has 4 heterocycles. The summed E-state index contributed by atoms with van der Waals surface area (Å²) < 4.78 is 3.44. The predicted molar refractivity (Wildman–Crippen MR) is 106 cm³/mol. The Morgan fingerprint density at radius 3 is 2.78 bits per heavy atom. The first-order valence-corrected chi connectivity index (χ1v) is 9.62. The Balaban J connectivity index is 0.00000102. The number of anilines is 1. The first kappa shape index (κ1) is 19.3. The van der Waals surface area contributed by atoms with Gasteiger partial charge < -0.3 is 15.7 Å². The van der Waals surface area contributed by atoms with E-state index in [1.54, 1.807) is 15.4 Å². The third-order valence-electron chi connectivity index (χ3n) is 4.88. The minimum Gasteiger partial charge on any atom is -0.395 e. The lowest BCUT2D eigenvalue weighted by Crippen LogP contribution is -2.36. The number of aliphatic hydroxyl groups is 1. The van der Waals surface area contributed by atoms with Crippen LogP contribution in [0.5, 0.6) is 0 Å². The number of aromatic nitrogens is 5. The Bertz CT molecular complexity index is 883. The fraction of sp³-hybridized carbons (Fsp3) is 0.526. The van der Waals surface area contributed by atoms with Crippen molar-refractivity contribution in [3.8, 4) is 11.1 Å². The van der Waals surface area contributed by atoms with Crippen LogP contribution in [0.15, 0.2) is 24.7 Å². The molecule has 0 saturated carbocycles. The standard InChI is InChI=1S/C17H23N7O.C2H6/c1-22-10-13(8-19-22)14-9-20-24-16(18)7-15(21-17(14)24)12-3-2-4-23(11-12)5-6-25;1-2/h7-10,12,25H,2-6,11,18H2,1H3;1-2H3. The number of piperidine rings is 1. The second kappa shape index (κ2) is 8.49. The zero-order chi connectivity index (χ0) is 19.4. The van der Waals surface area contributed by atoms with Gasteiger partial charge in [0.05, 0.1) is 24.7 Å². The molecule has 1 unspecified atom stereocenters. The first-order valence-electron chi connectivity index (χ1n) is 9.62. The van der Waals surface area contributed by atoms with Crippen molar-refractivity contribution in [3.63, 3.8) is 0 Å². The summed E-state index contributed by atoms with van der Waals surface area (Å²) in [5, 5.41) is 17.8. The van der Waals surface area contributed by atoms with Gasteiger partial charge in [0.2, 0.25) is 0 Å². The summed E-state index contributed by atoms with van der Waals surface area (Å²) in [4.78, 5) is 7.18. The molecule has 146 valence electrons. The predicted octanol–water partition coefficient (Wildman–Crippen LogP) is 1.91. The van der Waals surface area contributed by atoms with Crippen molar-refractivity contribution in [3.05, 3.63) is 30.4 Å². The Kier molecular flexibility index (Phi) is 6.08. The van der Waals surface area contributed by atoms with Gasteiger partial charge in [-0.3, -0.25) is 4.68 Å². The van der Waals surface area contributed by atoms with Gasteiger partial charge in [0.25, 0.3) is 0 Å². The fourth-order valence-electron chi connectivity index (χ4n) is 3.62. The zero-order valence-electron chi connectivity index (χ0n) is 16.3. The van der Waals surface area contributed by atoms with Crippen LogP contribution in [-0.2, 0) is 7.05 Å². The Morgan fingerprint density at radius 1 is 1.26 bits per heavy atom. The maximum Gasteiger partial charge on any atom is 0.165 e. The fourth-order valence-corrected chi connectivity index (χ4v) is 3.62. The smallest absolute Gasteiger partial charge is 0.165 e. The molecule has 3 N–H and O–H groups in total. The van der Waals surface area contributed by atoms with Gasteiger partial charge >= 0.3 is 0 Å². The number of β-amino-alcohol motifs (C(OH)–C–C–N with tert-alkyl or cyclic N) is 1. The van der Waals surface area contributed by atoms with Gasteiger partial charge in [-0.2, -0.15) is 14.7 Å². The molecule has 1 atom stereocenters. The van der Waals surface area contributed by atoms with E-state index in [-0.39, 0.29) is 6.61 Å². The molecular weight excluding hydrogens is 342 g/mol. The summed E-state index contributed by atoms with van der Waals surface area (Å²) in [7, 11) is 1.89. The lowest BCUT2D eigenvalue weighted by molar-refractivity contribution is 0.160. The molecule has 0 amide bonds. The summed E-state index contributed by atoms with van der Waals surface area (Å²) in [5.74, 6) is 0.915. The van der Waals surface area contributed by atoms with Crippen LogP contribution in [0.2, 0.25) is 0 Å². The molecular formula is C19H29N7O. The Labute approximate surface area is 159 Å². The summed E-state index contributed by atoms with van der Waals surface area (Å²) in [6, 6.07) is 1.93. The Hall–Kier alpha value is -2.45. The molecule has 8 heteroatoms. The van der Waals surface area contributed by atoms with E-state index in [1.807, 2.05) is 39.4 Å². The molecule has 27 heavy (non-hydrogen) atoms. The number of rotatable bonds is 4. The number of likely N-dealkylation sites (tertiary alicyclic amines) is 1. The second-order valence-electron chi connectivity index (χ2n) is 6.67. The lowest BCUT2D eigenvalue weighted by Gasteiger charge is -2.32. The minimum absolute atomic E-state index is 0.190. The van der Waals surface area contributed by atoms with Crippen molar-refractivity contribution < 1.29 is 5.11 Å². The molecule has 0 aromatic carbocycles. The molecule has 0 radical (unpaired) electrons. The number of nitrogen functional groups attached to an aromatic ring is 1. The number of nitrogens with zero attached hydrogens (tertiary/aromatic N) is 6. The highest BCUT2D eigenvalue weighted by atomic mass is 16.3. The molecule has 3 aromatic rings. The summed E-state index contributed by atoms with van der Waals surface area (Å²) >= 11 is 0. The largest absolute Gasteiger partial charge is 0.395 e. The maximum atomic E-state index is 9.20. The highest BCUT2D eigenvalue weighted by Gasteiger charge is 2.24. The van der Waals surface area contributed by atoms with Crippen LogP contribution in [0.4, 0.5) is 5.82 Å². The van der Waals surface area contributed by atoms with Crippen LogP contribution in [0.1, 0.15) is 38.3 Å². The molecule has 0 aliphatic carbocycles. The van der Waals surface area contributed by atoms with Crippen LogP contribution in [0.3, 0.4) is 0 Å². The molecule has 0 bridgehead atoms. The average Bonchev–Trinajstić information content (AvgIpc) is 3.30. The maximum absolute atomic E-state index is 9.20. The van der Waals surface area contributed by atoms with E-state index in [9.17, 15) is 5.11 Å². The van der Waals surface area contributed by atoms with Crippen molar-refractivity contribution in [2.75, 3.05) is 32.0 Å². The van der Waals surface area contributed by atoms with E-state index < -0.39 is 0 Å². The highest BCUT2D eigenvalue weighted by Crippen LogP contribution is 2.30. The normalized spacial score (nSPS) is 17.7. The van der Waals surface area contributed by atoms with E-state index in [0.29, 0.717) is 18.3 Å². The quantitative estimate of drug-likeness (QED) is 0.727. The van der Waals surface area contributed by atoms with Crippen LogP contribution >= 0.6 is 0 Å². The Morgan fingerprint density at radius 2 is 2.07 bits per heavy atom. The molecule has 1 saturated heterocycles. The van der Waals surface area contributed by atoms with E-state index >= 15 is 0 Å². The average molecular weight is 371 g/mol. The van der Waals surface area contributed by atoms with Crippen LogP contribution in [0, 0.1) is 0 Å². The molecule has 8 nitrogen and oxygen atoms in total. The molecule has 4 rings (SSSR count). The molecule has 1 aliphatic rings. The monoisotopic (exact) mass is 371 g/mol. The van der Waals surface area contributed by atoms with Crippen molar-refractivity contribution in [2.45, 2.75) is 32.6 Å². The molecule has 0 spiro atoms. The number of fused-ring (bicyclic) bond motifs is 1. The van der Waals surface area contributed by atoms with E-state index in [2.05, 4.69) is 15.1 Å². The van der Waals surface area contributed by atoms with Crippen LogP contribution in [-0.4, -0.2) is 60.6 Å². The van der Waals surface area contributed by atoms with Crippen molar-refractivity contribution in [2.24, 2.45) is 7.05 Å². The number of aliphatic hydroxyl groups excluding tert-OH is 1. The number of hydrogen-bond donors (Lipinski definition) is 2. The molecule has 1 aliphatic heterocycles. The van der Waals surface area contributed by atoms with E-state index in [1.165, 1.54) is 0 Å². The summed E-state index contributed by atoms with van der Waals surface area (Å²) in [6.45, 7) is 6.83. The van der Waals surface area contributed by atoms with Crippen LogP contribution in [0.25, 0.3) is 16.8 Å². The van der Waals surface area contributed by atoms with Gasteiger partial charge in [0, 0.05) is 49.4 Å². The van der Waals surface area contributed by atoms with Gasteiger partial charge in [-0.25, -0.2) is 4.98 Å². The van der Waals surface area contributed by atoms with Gasteiger partial charge in [-0.1, -0.05) is 13.8 Å². The van der Waals surface area contributed by atoms with Gasteiger partial charge in [-0.05, 0) is 19.4 Å². The lowest BCUT2D eigenvalue weighted by atomic mass is 9.94. The summed E-state index contributed by atoms with van der Waals surface area (Å²) in [5.41, 5.74) is 9.92. The van der Waals surface area contributed by atoms with Crippen LogP contribution < -0.4 is 5.73 Å². The SMILES string of the molecule is CC.Cn1cc(-c2cnn3c(N)cc(C4CCCN(CCO)C4)nc23)cn1. The third-order valence-corrected chi connectivity index (χ3v) is 4.88. The van der Waals surface area contributed by atoms with Gasteiger partial charge in [-0.15, -0.1) is 0 Å². The zero-order valence-corrected chi connectivity index (χ0v) is 16.3. The minimum atomic E-state index is 0.190. The van der Waals surface area contributed by atoms with Crippen molar-refractivity contribution >= 4 is 11.5 Å².